The lowest BCUT2D eigenvalue weighted by atomic mass is 9.68. The zero-order valence-corrected chi connectivity index (χ0v) is 17.4. The van der Waals surface area contributed by atoms with Crippen molar-refractivity contribution in [3.63, 3.8) is 0 Å². The fourth-order valence-electron chi connectivity index (χ4n) is 6.57. The minimum absolute atomic E-state index is 0.342. The van der Waals surface area contributed by atoms with Crippen molar-refractivity contribution < 1.29 is 4.79 Å². The average Bonchev–Trinajstić information content (AvgIpc) is 3.03. The van der Waals surface area contributed by atoms with Crippen LogP contribution in [-0.4, -0.2) is 57.6 Å². The van der Waals surface area contributed by atoms with Gasteiger partial charge in [-0.2, -0.15) is 5.10 Å². The van der Waals surface area contributed by atoms with E-state index in [-0.39, 0.29) is 0 Å². The quantitative estimate of drug-likeness (QED) is 0.816. The smallest absolute Gasteiger partial charge is 0.223 e. The van der Waals surface area contributed by atoms with Gasteiger partial charge in [0, 0.05) is 31.2 Å². The monoisotopic (exact) mass is 382 g/mol. The van der Waals surface area contributed by atoms with E-state index in [1.54, 1.807) is 5.57 Å². The van der Waals surface area contributed by atoms with E-state index in [4.69, 9.17) is 0 Å². The number of amides is 1. The Bertz CT molecular complexity index is 762. The third-order valence-corrected chi connectivity index (χ3v) is 7.85. The van der Waals surface area contributed by atoms with Gasteiger partial charge in [-0.1, -0.05) is 18.1 Å². The van der Waals surface area contributed by atoms with Crippen LogP contribution in [0.15, 0.2) is 11.6 Å². The fourth-order valence-corrected chi connectivity index (χ4v) is 6.57. The number of H-pyrrole nitrogens is 1. The van der Waals surface area contributed by atoms with Crippen LogP contribution in [0.25, 0.3) is 0 Å². The molecular formula is C23H34N4O. The Labute approximate surface area is 168 Å². The summed E-state index contributed by atoms with van der Waals surface area (Å²) in [6, 6.07) is 1.14. The zero-order chi connectivity index (χ0) is 19.3. The standard InChI is InChI=1S/C23H34N4O/c1-15-20(16(2)25-24-15)8-9-22(28)27-11-5-6-17-12-18-13-19(23(17)27)14-26-10-4-3-7-21(18)26/h12,18-19,21,23H,3-11,13-14H2,1-2H3,(H,24,25). The largest absolute Gasteiger partial charge is 0.336 e. The lowest BCUT2D eigenvalue weighted by molar-refractivity contribution is -0.136. The zero-order valence-electron chi connectivity index (χ0n) is 17.4. The van der Waals surface area contributed by atoms with Gasteiger partial charge in [0.25, 0.3) is 0 Å². The van der Waals surface area contributed by atoms with Gasteiger partial charge in [-0.3, -0.25) is 14.8 Å². The van der Waals surface area contributed by atoms with Gasteiger partial charge < -0.3 is 4.90 Å². The summed E-state index contributed by atoms with van der Waals surface area (Å²) in [4.78, 5) is 18.3. The Hall–Kier alpha value is -1.62. The van der Waals surface area contributed by atoms with Crippen LogP contribution in [-0.2, 0) is 11.2 Å². The molecule has 152 valence electrons. The van der Waals surface area contributed by atoms with E-state index in [0.717, 1.165) is 42.7 Å². The molecule has 3 saturated heterocycles. The van der Waals surface area contributed by atoms with Gasteiger partial charge in [-0.15, -0.1) is 0 Å². The maximum absolute atomic E-state index is 13.3. The van der Waals surface area contributed by atoms with Crippen molar-refractivity contribution in [1.82, 2.24) is 20.0 Å². The number of fused-ring (bicyclic) bond motifs is 6. The summed E-state index contributed by atoms with van der Waals surface area (Å²) in [6.07, 6.45) is 11.8. The molecule has 0 spiro atoms. The Morgan fingerprint density at radius 3 is 2.96 bits per heavy atom. The first-order valence-corrected chi connectivity index (χ1v) is 11.4. The van der Waals surface area contributed by atoms with Crippen LogP contribution in [0.1, 0.15) is 61.9 Å². The highest BCUT2D eigenvalue weighted by Crippen LogP contribution is 2.45. The Balaban J connectivity index is 1.33. The minimum Gasteiger partial charge on any atom is -0.336 e. The first-order valence-electron chi connectivity index (χ1n) is 11.4. The Morgan fingerprint density at radius 1 is 1.25 bits per heavy atom. The molecular weight excluding hydrogens is 348 g/mol. The van der Waals surface area contributed by atoms with Crippen LogP contribution in [0, 0.1) is 25.7 Å². The van der Waals surface area contributed by atoms with Gasteiger partial charge in [0.05, 0.1) is 11.7 Å². The molecule has 4 unspecified atom stereocenters. The number of likely N-dealkylation sites (tertiary alicyclic amines) is 1. The first-order chi connectivity index (χ1) is 13.6. The Morgan fingerprint density at radius 2 is 2.14 bits per heavy atom. The highest BCUT2D eigenvalue weighted by Gasteiger charge is 2.46. The molecule has 4 atom stereocenters. The van der Waals surface area contributed by atoms with Crippen LogP contribution >= 0.6 is 0 Å². The van der Waals surface area contributed by atoms with Crippen LogP contribution in [0.4, 0.5) is 0 Å². The number of nitrogens with zero attached hydrogens (tertiary/aromatic N) is 3. The minimum atomic E-state index is 0.342. The van der Waals surface area contributed by atoms with Crippen LogP contribution in [0.5, 0.6) is 0 Å². The van der Waals surface area contributed by atoms with E-state index in [1.807, 2.05) is 6.92 Å². The normalized spacial score (nSPS) is 32.5. The molecule has 3 aliphatic heterocycles. The van der Waals surface area contributed by atoms with Crippen molar-refractivity contribution in [2.75, 3.05) is 19.6 Å². The summed E-state index contributed by atoms with van der Waals surface area (Å²) in [5.74, 6) is 1.72. The highest BCUT2D eigenvalue weighted by molar-refractivity contribution is 5.77. The maximum Gasteiger partial charge on any atom is 0.223 e. The molecule has 5 nitrogen and oxygen atoms in total. The van der Waals surface area contributed by atoms with E-state index in [2.05, 4.69) is 33.0 Å². The van der Waals surface area contributed by atoms with E-state index in [0.29, 0.717) is 24.3 Å². The molecule has 0 radical (unpaired) electrons. The van der Waals surface area contributed by atoms with Crippen molar-refractivity contribution >= 4 is 5.91 Å². The van der Waals surface area contributed by atoms with Gasteiger partial charge in [0.15, 0.2) is 0 Å². The third-order valence-electron chi connectivity index (χ3n) is 7.85. The molecule has 0 aromatic carbocycles. The number of piperidine rings is 3. The molecule has 4 aliphatic rings. The van der Waals surface area contributed by atoms with Crippen molar-refractivity contribution in [3.05, 3.63) is 28.6 Å². The van der Waals surface area contributed by atoms with Crippen LogP contribution in [0.3, 0.4) is 0 Å². The highest BCUT2D eigenvalue weighted by atomic mass is 16.2. The Kier molecular flexibility index (Phi) is 4.82. The molecule has 4 heterocycles. The molecule has 5 heteroatoms. The summed E-state index contributed by atoms with van der Waals surface area (Å²) >= 11 is 0. The number of carbonyl (C=O) groups excluding carboxylic acids is 1. The molecule has 5 rings (SSSR count). The average molecular weight is 383 g/mol. The number of hydrogen-bond donors (Lipinski definition) is 1. The van der Waals surface area contributed by atoms with E-state index in [1.165, 1.54) is 50.8 Å². The molecule has 28 heavy (non-hydrogen) atoms. The van der Waals surface area contributed by atoms with Crippen LogP contribution in [0.2, 0.25) is 0 Å². The van der Waals surface area contributed by atoms with E-state index < -0.39 is 0 Å². The van der Waals surface area contributed by atoms with Gasteiger partial charge in [0.1, 0.15) is 0 Å². The molecule has 0 saturated carbocycles. The van der Waals surface area contributed by atoms with Crippen molar-refractivity contribution in [1.29, 1.82) is 0 Å². The number of aromatic amines is 1. The number of aromatic nitrogens is 2. The van der Waals surface area contributed by atoms with Gasteiger partial charge >= 0.3 is 0 Å². The summed E-state index contributed by atoms with van der Waals surface area (Å²) in [7, 11) is 0. The molecule has 1 aromatic rings. The second-order valence-electron chi connectivity index (χ2n) is 9.51. The summed E-state index contributed by atoms with van der Waals surface area (Å²) in [6.45, 7) is 7.49. The number of aryl methyl sites for hydroxylation is 2. The summed E-state index contributed by atoms with van der Waals surface area (Å²) < 4.78 is 0. The molecule has 1 amide bonds. The molecule has 1 aromatic heterocycles. The summed E-state index contributed by atoms with van der Waals surface area (Å²) in [5.41, 5.74) is 4.95. The van der Waals surface area contributed by atoms with E-state index in [9.17, 15) is 4.79 Å². The second kappa shape index (κ2) is 7.33. The molecule has 3 fully saturated rings. The summed E-state index contributed by atoms with van der Waals surface area (Å²) in [5, 5.41) is 7.34. The molecule has 1 aliphatic carbocycles. The number of rotatable bonds is 3. The van der Waals surface area contributed by atoms with Gasteiger partial charge in [0.2, 0.25) is 5.91 Å². The lowest BCUT2D eigenvalue weighted by Crippen LogP contribution is -2.60. The third kappa shape index (κ3) is 3.12. The van der Waals surface area contributed by atoms with Crippen molar-refractivity contribution in [3.8, 4) is 0 Å². The number of carbonyl (C=O) groups is 1. The second-order valence-corrected chi connectivity index (χ2v) is 9.51. The fraction of sp³-hybridized carbons (Fsp3) is 0.739. The van der Waals surface area contributed by atoms with E-state index >= 15 is 0 Å². The number of hydrogen-bond acceptors (Lipinski definition) is 3. The van der Waals surface area contributed by atoms with Crippen LogP contribution < -0.4 is 0 Å². The van der Waals surface area contributed by atoms with Gasteiger partial charge in [-0.05, 0) is 76.3 Å². The molecule has 2 bridgehead atoms. The van der Waals surface area contributed by atoms with Gasteiger partial charge in [-0.25, -0.2) is 0 Å². The SMILES string of the molecule is Cc1n[nH]c(C)c1CCC(=O)N1CCCC2=CC3CC(CN4CCCCC34)C21. The number of nitrogens with one attached hydrogen (secondary N) is 1. The topological polar surface area (TPSA) is 52.2 Å². The molecule has 1 N–H and O–H groups in total. The predicted molar refractivity (Wildman–Crippen MR) is 110 cm³/mol. The van der Waals surface area contributed by atoms with Crippen molar-refractivity contribution in [2.45, 2.75) is 77.3 Å². The van der Waals surface area contributed by atoms with Crippen molar-refractivity contribution in [2.24, 2.45) is 11.8 Å². The first kappa shape index (κ1) is 18.4. The predicted octanol–water partition coefficient (Wildman–Crippen LogP) is 3.38. The lowest BCUT2D eigenvalue weighted by Gasteiger charge is -2.54. The maximum atomic E-state index is 13.3.